The van der Waals surface area contributed by atoms with Crippen LogP contribution in [0.2, 0.25) is 0 Å². The van der Waals surface area contributed by atoms with Crippen LogP contribution in [0, 0.1) is 29.9 Å². The highest BCUT2D eigenvalue weighted by atomic mass is 16.6. The number of hydrogen-bond donors (Lipinski definition) is 3. The zero-order chi connectivity index (χ0) is 16.2. The number of nitro groups is 1. The summed E-state index contributed by atoms with van der Waals surface area (Å²) in [5, 5.41) is 37.2. The van der Waals surface area contributed by atoms with Gasteiger partial charge in [0.1, 0.15) is 11.4 Å². The van der Waals surface area contributed by atoms with Crippen LogP contribution in [0.4, 0.5) is 5.69 Å². The molecular weight excluding hydrogens is 276 g/mol. The monoisotopic (exact) mass is 300 g/mol. The van der Waals surface area contributed by atoms with E-state index in [1.807, 2.05) is 13.8 Å². The highest BCUT2D eigenvalue weighted by Crippen LogP contribution is 2.21. The summed E-state index contributed by atoms with van der Waals surface area (Å²) in [6.45, 7) is 7.64. The third-order valence-electron chi connectivity index (χ3n) is 3.73. The second kappa shape index (κ2) is 7.48. The molecule has 3 atom stereocenters. The minimum Gasteiger partial charge on any atom is -0.396 e. The molecule has 0 spiro atoms. The van der Waals surface area contributed by atoms with E-state index in [-0.39, 0.29) is 30.8 Å². The Bertz CT molecular complexity index is 489. The number of nitrogens with zero attached hydrogens (tertiary/aromatic N) is 3. The van der Waals surface area contributed by atoms with Gasteiger partial charge < -0.3 is 15.5 Å². The molecule has 8 nitrogen and oxygen atoms in total. The van der Waals surface area contributed by atoms with Crippen molar-refractivity contribution in [2.45, 2.75) is 46.4 Å². The van der Waals surface area contributed by atoms with Crippen LogP contribution in [-0.4, -0.2) is 50.2 Å². The molecule has 8 heteroatoms. The first-order valence-corrected chi connectivity index (χ1v) is 6.98. The summed E-state index contributed by atoms with van der Waals surface area (Å²) in [5.74, 6) is 0.0898. The van der Waals surface area contributed by atoms with Gasteiger partial charge in [-0.05, 0) is 26.7 Å². The van der Waals surface area contributed by atoms with Crippen LogP contribution in [0.1, 0.15) is 25.2 Å². The molecule has 3 N–H and O–H groups in total. The Hall–Kier alpha value is -1.51. The van der Waals surface area contributed by atoms with Crippen LogP contribution >= 0.6 is 0 Å². The van der Waals surface area contributed by atoms with E-state index in [1.54, 1.807) is 13.8 Å². The van der Waals surface area contributed by atoms with Gasteiger partial charge >= 0.3 is 5.69 Å². The normalized spacial score (nSPS) is 15.7. The Balaban J connectivity index is 2.62. The van der Waals surface area contributed by atoms with Crippen molar-refractivity contribution in [3.63, 3.8) is 0 Å². The fourth-order valence-electron chi connectivity index (χ4n) is 2.07. The van der Waals surface area contributed by atoms with Gasteiger partial charge in [0.2, 0.25) is 0 Å². The first kappa shape index (κ1) is 17.5. The van der Waals surface area contributed by atoms with Crippen molar-refractivity contribution in [2.75, 3.05) is 13.2 Å². The molecule has 0 radical (unpaired) electrons. The second-order valence-electron chi connectivity index (χ2n) is 5.47. The molecule has 120 valence electrons. The maximum Gasteiger partial charge on any atom is 0.312 e. The van der Waals surface area contributed by atoms with Gasteiger partial charge in [-0.15, -0.1) is 0 Å². The van der Waals surface area contributed by atoms with Crippen LogP contribution in [0.15, 0.2) is 0 Å². The minimum absolute atomic E-state index is 0.00238. The fraction of sp³-hybridized carbons (Fsp3) is 0.769. The Kier molecular flexibility index (Phi) is 6.25. The number of aromatic nitrogens is 2. The van der Waals surface area contributed by atoms with Crippen molar-refractivity contribution in [3.8, 4) is 0 Å². The fourth-order valence-corrected chi connectivity index (χ4v) is 2.07. The van der Waals surface area contributed by atoms with Crippen LogP contribution in [0.25, 0.3) is 0 Å². The first-order chi connectivity index (χ1) is 9.77. The number of aliphatic hydroxyl groups excluding tert-OH is 2. The van der Waals surface area contributed by atoms with Gasteiger partial charge in [0.25, 0.3) is 0 Å². The van der Waals surface area contributed by atoms with E-state index in [0.717, 1.165) is 0 Å². The third-order valence-corrected chi connectivity index (χ3v) is 3.73. The minimum atomic E-state index is -0.712. The number of nitrogens with one attached hydrogen (secondary N) is 1. The molecule has 0 bridgehead atoms. The van der Waals surface area contributed by atoms with E-state index >= 15 is 0 Å². The molecule has 0 amide bonds. The molecule has 0 fully saturated rings. The molecule has 0 saturated heterocycles. The highest BCUT2D eigenvalue weighted by molar-refractivity contribution is 5.39. The molecule has 0 aliphatic carbocycles. The Morgan fingerprint density at radius 1 is 1.43 bits per heavy atom. The molecule has 1 aromatic rings. The summed E-state index contributed by atoms with van der Waals surface area (Å²) in [4.78, 5) is 10.5. The first-order valence-electron chi connectivity index (χ1n) is 6.98. The van der Waals surface area contributed by atoms with Crippen LogP contribution in [0.5, 0.6) is 0 Å². The summed E-state index contributed by atoms with van der Waals surface area (Å²) < 4.78 is 1.46. The van der Waals surface area contributed by atoms with Crippen LogP contribution in [0.3, 0.4) is 0 Å². The maximum absolute atomic E-state index is 10.9. The SMILES string of the molecule is Cc1nn(CC(O)CNC(C)C(C)CO)c(C)c1[N+](=O)[O-]. The summed E-state index contributed by atoms with van der Waals surface area (Å²) >= 11 is 0. The topological polar surface area (TPSA) is 113 Å². The zero-order valence-electron chi connectivity index (χ0n) is 12.9. The molecule has 0 aromatic carbocycles. The summed E-state index contributed by atoms with van der Waals surface area (Å²) in [6, 6.07) is 0.0689. The van der Waals surface area contributed by atoms with Crippen molar-refractivity contribution >= 4 is 5.69 Å². The average Bonchev–Trinajstić information content (AvgIpc) is 2.69. The Labute approximate surface area is 123 Å². The summed E-state index contributed by atoms with van der Waals surface area (Å²) in [7, 11) is 0. The lowest BCUT2D eigenvalue weighted by atomic mass is 10.1. The molecule has 1 aromatic heterocycles. The Morgan fingerprint density at radius 2 is 2.05 bits per heavy atom. The zero-order valence-corrected chi connectivity index (χ0v) is 12.9. The van der Waals surface area contributed by atoms with E-state index in [2.05, 4.69) is 10.4 Å². The molecule has 21 heavy (non-hydrogen) atoms. The van der Waals surface area contributed by atoms with Crippen molar-refractivity contribution in [3.05, 3.63) is 21.5 Å². The van der Waals surface area contributed by atoms with Crippen molar-refractivity contribution in [1.82, 2.24) is 15.1 Å². The van der Waals surface area contributed by atoms with Gasteiger partial charge in [0.05, 0.1) is 17.6 Å². The molecule has 1 rings (SSSR count). The molecule has 0 aliphatic rings. The van der Waals surface area contributed by atoms with Gasteiger partial charge in [-0.2, -0.15) is 5.10 Å². The lowest BCUT2D eigenvalue weighted by Crippen LogP contribution is -2.40. The van der Waals surface area contributed by atoms with Crippen LogP contribution < -0.4 is 5.32 Å². The molecular formula is C13H24N4O4. The second-order valence-corrected chi connectivity index (χ2v) is 5.47. The number of hydrogen-bond acceptors (Lipinski definition) is 6. The standard InChI is InChI=1S/C13H24N4O4/c1-8(7-18)9(2)14-5-12(19)6-16-11(4)13(17(20)21)10(3)15-16/h8-9,12,14,18-19H,5-7H2,1-4H3. The van der Waals surface area contributed by atoms with Crippen molar-refractivity contribution in [2.24, 2.45) is 5.92 Å². The lowest BCUT2D eigenvalue weighted by Gasteiger charge is -2.21. The molecule has 0 saturated carbocycles. The summed E-state index contributed by atoms with van der Waals surface area (Å²) in [6.07, 6.45) is -0.712. The van der Waals surface area contributed by atoms with E-state index < -0.39 is 11.0 Å². The van der Waals surface area contributed by atoms with Gasteiger partial charge in [0, 0.05) is 19.2 Å². The van der Waals surface area contributed by atoms with E-state index in [9.17, 15) is 15.2 Å². The van der Waals surface area contributed by atoms with E-state index in [0.29, 0.717) is 17.9 Å². The van der Waals surface area contributed by atoms with E-state index in [1.165, 1.54) is 4.68 Å². The lowest BCUT2D eigenvalue weighted by molar-refractivity contribution is -0.386. The largest absolute Gasteiger partial charge is 0.396 e. The Morgan fingerprint density at radius 3 is 2.52 bits per heavy atom. The van der Waals surface area contributed by atoms with Crippen molar-refractivity contribution < 1.29 is 15.1 Å². The maximum atomic E-state index is 10.9. The van der Waals surface area contributed by atoms with E-state index in [4.69, 9.17) is 5.11 Å². The number of aliphatic hydroxyl groups is 2. The quantitative estimate of drug-likeness (QED) is 0.472. The smallest absolute Gasteiger partial charge is 0.312 e. The molecule has 1 heterocycles. The molecule has 0 aliphatic heterocycles. The van der Waals surface area contributed by atoms with Gasteiger partial charge in [0.15, 0.2) is 0 Å². The molecule has 3 unspecified atom stereocenters. The predicted molar refractivity (Wildman–Crippen MR) is 78.1 cm³/mol. The predicted octanol–water partition coefficient (Wildman–Crippen LogP) is 0.376. The van der Waals surface area contributed by atoms with Gasteiger partial charge in [-0.3, -0.25) is 14.8 Å². The summed E-state index contributed by atoms with van der Waals surface area (Å²) in [5.41, 5.74) is 0.783. The van der Waals surface area contributed by atoms with Gasteiger partial charge in [-0.25, -0.2) is 0 Å². The highest BCUT2D eigenvalue weighted by Gasteiger charge is 2.23. The number of aryl methyl sites for hydroxylation is 1. The van der Waals surface area contributed by atoms with Crippen molar-refractivity contribution in [1.29, 1.82) is 0 Å². The van der Waals surface area contributed by atoms with Crippen LogP contribution in [-0.2, 0) is 6.54 Å². The third kappa shape index (κ3) is 4.48. The average molecular weight is 300 g/mol. The van der Waals surface area contributed by atoms with Gasteiger partial charge in [-0.1, -0.05) is 6.92 Å². The number of rotatable bonds is 8.